The van der Waals surface area contributed by atoms with Gasteiger partial charge in [-0.3, -0.25) is 9.59 Å². The van der Waals surface area contributed by atoms with Crippen LogP contribution in [0.2, 0.25) is 10.2 Å². The van der Waals surface area contributed by atoms with Gasteiger partial charge in [0.15, 0.2) is 5.43 Å². The minimum atomic E-state index is -0.650. The lowest BCUT2D eigenvalue weighted by Crippen LogP contribution is -2.32. The molecule has 0 saturated heterocycles. The maximum absolute atomic E-state index is 13.2. The molecule has 0 aliphatic rings. The first kappa shape index (κ1) is 19.2. The predicted octanol–water partition coefficient (Wildman–Crippen LogP) is 4.75. The molecule has 2 aromatic carbocycles. The van der Waals surface area contributed by atoms with Crippen molar-refractivity contribution in [1.82, 2.24) is 15.3 Å². The number of amides is 1. The van der Waals surface area contributed by atoms with Crippen LogP contribution in [0.3, 0.4) is 0 Å². The van der Waals surface area contributed by atoms with Crippen molar-refractivity contribution in [3.8, 4) is 0 Å². The van der Waals surface area contributed by atoms with Crippen molar-refractivity contribution in [2.24, 2.45) is 0 Å². The van der Waals surface area contributed by atoms with Gasteiger partial charge >= 0.3 is 0 Å². The van der Waals surface area contributed by atoms with Crippen LogP contribution in [0.4, 0.5) is 0 Å². The van der Waals surface area contributed by atoms with E-state index in [4.69, 9.17) is 23.2 Å². The first-order valence-corrected chi connectivity index (χ1v) is 9.57. The number of carbonyl (C=O) groups excluding carboxylic acids is 1. The van der Waals surface area contributed by atoms with Gasteiger partial charge in [0, 0.05) is 28.4 Å². The number of halogens is 2. The van der Waals surface area contributed by atoms with Crippen molar-refractivity contribution >= 4 is 40.0 Å². The van der Waals surface area contributed by atoms with E-state index in [0.717, 1.165) is 5.56 Å². The molecule has 1 amide bonds. The van der Waals surface area contributed by atoms with E-state index in [2.05, 4.69) is 15.3 Å². The topological polar surface area (TPSA) is 74.8 Å². The molecule has 4 rings (SSSR count). The van der Waals surface area contributed by atoms with Crippen molar-refractivity contribution in [3.05, 3.63) is 110 Å². The highest BCUT2D eigenvalue weighted by Crippen LogP contribution is 2.23. The molecule has 0 bridgehead atoms. The van der Waals surface area contributed by atoms with E-state index in [1.54, 1.807) is 36.5 Å². The molecule has 5 nitrogen and oxygen atoms in total. The van der Waals surface area contributed by atoms with Crippen molar-refractivity contribution in [2.75, 3.05) is 0 Å². The molecule has 0 aliphatic carbocycles. The summed E-state index contributed by atoms with van der Waals surface area (Å²) in [5.41, 5.74) is 1.99. The van der Waals surface area contributed by atoms with Crippen LogP contribution in [-0.4, -0.2) is 15.9 Å². The van der Waals surface area contributed by atoms with Gasteiger partial charge in [0.1, 0.15) is 5.15 Å². The Morgan fingerprint density at radius 1 is 1.03 bits per heavy atom. The average molecular weight is 424 g/mol. The maximum atomic E-state index is 13.2. The third-order valence-corrected chi connectivity index (χ3v) is 5.04. The Morgan fingerprint density at radius 3 is 2.55 bits per heavy atom. The van der Waals surface area contributed by atoms with Crippen molar-refractivity contribution in [1.29, 1.82) is 0 Å². The van der Waals surface area contributed by atoms with E-state index in [9.17, 15) is 9.59 Å². The lowest BCUT2D eigenvalue weighted by Gasteiger charge is -2.19. The third kappa shape index (κ3) is 4.01. The molecule has 144 valence electrons. The van der Waals surface area contributed by atoms with Crippen LogP contribution < -0.4 is 10.7 Å². The van der Waals surface area contributed by atoms with Crippen molar-refractivity contribution in [2.45, 2.75) is 6.04 Å². The fraction of sp³-hybridized carbons (Fsp3) is 0.0455. The summed E-state index contributed by atoms with van der Waals surface area (Å²) in [5, 5.41) is 4.26. The number of H-pyrrole nitrogens is 1. The Morgan fingerprint density at radius 2 is 1.83 bits per heavy atom. The molecule has 4 aromatic rings. The molecule has 0 spiro atoms. The number of pyridine rings is 2. The van der Waals surface area contributed by atoms with Crippen molar-refractivity contribution < 1.29 is 4.79 Å². The van der Waals surface area contributed by atoms with E-state index in [1.165, 1.54) is 6.20 Å². The molecule has 2 N–H and O–H groups in total. The summed E-state index contributed by atoms with van der Waals surface area (Å²) in [5.74, 6) is -0.362. The Labute approximate surface area is 176 Å². The van der Waals surface area contributed by atoms with E-state index in [0.29, 0.717) is 32.2 Å². The van der Waals surface area contributed by atoms with Crippen molar-refractivity contribution in [3.63, 3.8) is 0 Å². The molecule has 1 atom stereocenters. The molecule has 1 unspecified atom stereocenters. The maximum Gasteiger partial charge on any atom is 0.253 e. The summed E-state index contributed by atoms with van der Waals surface area (Å²) >= 11 is 11.8. The lowest BCUT2D eigenvalue weighted by molar-refractivity contribution is 0.0942. The van der Waals surface area contributed by atoms with Crippen LogP contribution in [-0.2, 0) is 0 Å². The van der Waals surface area contributed by atoms with E-state index < -0.39 is 6.04 Å². The predicted molar refractivity (Wildman–Crippen MR) is 115 cm³/mol. The van der Waals surface area contributed by atoms with Gasteiger partial charge < -0.3 is 10.3 Å². The highest BCUT2D eigenvalue weighted by atomic mass is 35.5. The number of carbonyl (C=O) groups is 1. The molecule has 0 saturated carbocycles. The lowest BCUT2D eigenvalue weighted by atomic mass is 9.98. The van der Waals surface area contributed by atoms with Gasteiger partial charge in [0.2, 0.25) is 0 Å². The van der Waals surface area contributed by atoms with Crippen LogP contribution in [0, 0.1) is 0 Å². The van der Waals surface area contributed by atoms with Gasteiger partial charge in [0.05, 0.1) is 17.1 Å². The first-order chi connectivity index (χ1) is 14.0. The molecule has 29 heavy (non-hydrogen) atoms. The van der Waals surface area contributed by atoms with E-state index in [1.807, 2.05) is 30.3 Å². The highest BCUT2D eigenvalue weighted by molar-refractivity contribution is 6.31. The van der Waals surface area contributed by atoms with E-state index in [-0.39, 0.29) is 11.3 Å². The fourth-order valence-corrected chi connectivity index (χ4v) is 3.42. The number of fused-ring (bicyclic) bond motifs is 1. The first-order valence-electron chi connectivity index (χ1n) is 8.81. The number of nitrogens with one attached hydrogen (secondary N) is 2. The van der Waals surface area contributed by atoms with Gasteiger partial charge in [-0.1, -0.05) is 53.5 Å². The second-order valence-electron chi connectivity index (χ2n) is 6.45. The minimum absolute atomic E-state index is 0.182. The monoisotopic (exact) mass is 423 g/mol. The zero-order valence-corrected chi connectivity index (χ0v) is 16.5. The van der Waals surface area contributed by atoms with Crippen LogP contribution >= 0.6 is 23.2 Å². The minimum Gasteiger partial charge on any atom is -0.361 e. The summed E-state index contributed by atoms with van der Waals surface area (Å²) in [7, 11) is 0. The Balaban J connectivity index is 1.79. The zero-order chi connectivity index (χ0) is 20.4. The smallest absolute Gasteiger partial charge is 0.253 e. The molecular formula is C22H15Cl2N3O2. The van der Waals surface area contributed by atoms with Gasteiger partial charge in [0.25, 0.3) is 5.91 Å². The van der Waals surface area contributed by atoms with Crippen LogP contribution in [0.15, 0.2) is 77.9 Å². The summed E-state index contributed by atoms with van der Waals surface area (Å²) in [4.78, 5) is 33.0. The quantitative estimate of drug-likeness (QED) is 0.465. The van der Waals surface area contributed by atoms with Crippen LogP contribution in [0.25, 0.3) is 10.9 Å². The standard InChI is InChI=1S/C22H15Cl2N3O2/c23-15-7-8-16-18(10-15)25-12-17(21(16)28)20(13-4-2-1-3-5-13)27-22(29)14-6-9-19(24)26-11-14/h1-12,20H,(H,25,28)(H,27,29). The number of aromatic nitrogens is 2. The summed E-state index contributed by atoms with van der Waals surface area (Å²) < 4.78 is 0. The Kier molecular flexibility index (Phi) is 5.34. The van der Waals surface area contributed by atoms with Gasteiger partial charge in [-0.25, -0.2) is 4.98 Å². The molecule has 0 aliphatic heterocycles. The van der Waals surface area contributed by atoms with Gasteiger partial charge in [-0.15, -0.1) is 0 Å². The van der Waals surface area contributed by atoms with Gasteiger partial charge in [-0.05, 0) is 35.9 Å². The fourth-order valence-electron chi connectivity index (χ4n) is 3.14. The second-order valence-corrected chi connectivity index (χ2v) is 7.27. The van der Waals surface area contributed by atoms with Crippen LogP contribution in [0.1, 0.15) is 27.5 Å². The molecule has 0 fully saturated rings. The van der Waals surface area contributed by atoms with Crippen LogP contribution in [0.5, 0.6) is 0 Å². The highest BCUT2D eigenvalue weighted by Gasteiger charge is 2.21. The summed E-state index contributed by atoms with van der Waals surface area (Å²) in [6.07, 6.45) is 3.01. The zero-order valence-electron chi connectivity index (χ0n) is 15.0. The molecule has 7 heteroatoms. The number of rotatable bonds is 4. The largest absolute Gasteiger partial charge is 0.361 e. The number of hydrogen-bond acceptors (Lipinski definition) is 3. The molecule has 2 aromatic heterocycles. The second kappa shape index (κ2) is 8.07. The summed E-state index contributed by atoms with van der Waals surface area (Å²) in [6, 6.07) is 16.8. The third-order valence-electron chi connectivity index (χ3n) is 4.58. The SMILES string of the molecule is O=C(NC(c1ccccc1)c1c[nH]c2cc(Cl)ccc2c1=O)c1ccc(Cl)nc1. The van der Waals surface area contributed by atoms with Gasteiger partial charge in [-0.2, -0.15) is 0 Å². The normalized spacial score (nSPS) is 11.9. The Hall–Kier alpha value is -3.15. The Bertz CT molecular complexity index is 1240. The van der Waals surface area contributed by atoms with E-state index >= 15 is 0 Å². The molecule has 2 heterocycles. The number of benzene rings is 2. The number of nitrogens with zero attached hydrogens (tertiary/aromatic N) is 1. The summed E-state index contributed by atoms with van der Waals surface area (Å²) in [6.45, 7) is 0. The molecular weight excluding hydrogens is 409 g/mol. The number of hydrogen-bond donors (Lipinski definition) is 2. The molecule has 0 radical (unpaired) electrons. The average Bonchev–Trinajstić information content (AvgIpc) is 2.73. The number of aromatic amines is 1.